The van der Waals surface area contributed by atoms with Crippen molar-refractivity contribution >= 4 is 10.0 Å². The SMILES string of the molecule is Cc1nn(C)c(C)c1S(=O)(=O)NCC(C)C#N. The van der Waals surface area contributed by atoms with Crippen LogP contribution in [0.1, 0.15) is 18.3 Å². The van der Waals surface area contributed by atoms with E-state index in [2.05, 4.69) is 9.82 Å². The highest BCUT2D eigenvalue weighted by Crippen LogP contribution is 2.18. The minimum atomic E-state index is -3.59. The number of hydrogen-bond donors (Lipinski definition) is 1. The van der Waals surface area contributed by atoms with Crippen LogP contribution in [0.3, 0.4) is 0 Å². The highest BCUT2D eigenvalue weighted by molar-refractivity contribution is 7.89. The first kappa shape index (κ1) is 13.7. The molecule has 6 nitrogen and oxygen atoms in total. The van der Waals surface area contributed by atoms with Gasteiger partial charge < -0.3 is 0 Å². The summed E-state index contributed by atoms with van der Waals surface area (Å²) >= 11 is 0. The van der Waals surface area contributed by atoms with Crippen molar-refractivity contribution in [2.75, 3.05) is 6.54 Å². The van der Waals surface area contributed by atoms with Crippen LogP contribution in [0.5, 0.6) is 0 Å². The molecule has 0 saturated carbocycles. The van der Waals surface area contributed by atoms with Crippen molar-refractivity contribution in [2.24, 2.45) is 13.0 Å². The molecule has 0 aliphatic heterocycles. The molecule has 0 radical (unpaired) electrons. The Labute approximate surface area is 101 Å². The topological polar surface area (TPSA) is 87.8 Å². The molecule has 17 heavy (non-hydrogen) atoms. The number of nitriles is 1. The zero-order valence-electron chi connectivity index (χ0n) is 10.4. The Balaban J connectivity index is 3.03. The maximum Gasteiger partial charge on any atom is 0.244 e. The molecule has 0 fully saturated rings. The van der Waals surface area contributed by atoms with E-state index >= 15 is 0 Å². The summed E-state index contributed by atoms with van der Waals surface area (Å²) in [6.45, 7) is 5.11. The van der Waals surface area contributed by atoms with Gasteiger partial charge in [0, 0.05) is 13.6 Å². The van der Waals surface area contributed by atoms with E-state index in [0.29, 0.717) is 11.4 Å². The molecular formula is C10H16N4O2S. The van der Waals surface area contributed by atoms with Crippen LogP contribution >= 0.6 is 0 Å². The predicted octanol–water partition coefficient (Wildman–Crippen LogP) is 0.475. The van der Waals surface area contributed by atoms with E-state index in [9.17, 15) is 8.42 Å². The fourth-order valence-corrected chi connectivity index (χ4v) is 3.06. The Morgan fingerprint density at radius 2 is 2.12 bits per heavy atom. The molecule has 1 aromatic rings. The lowest BCUT2D eigenvalue weighted by atomic mass is 10.2. The molecule has 0 amide bonds. The predicted molar refractivity (Wildman–Crippen MR) is 62.6 cm³/mol. The van der Waals surface area contributed by atoms with Crippen molar-refractivity contribution < 1.29 is 8.42 Å². The van der Waals surface area contributed by atoms with Gasteiger partial charge in [-0.2, -0.15) is 10.4 Å². The van der Waals surface area contributed by atoms with Crippen molar-refractivity contribution in [3.63, 3.8) is 0 Å². The van der Waals surface area contributed by atoms with Crippen molar-refractivity contribution in [3.8, 4) is 6.07 Å². The Kier molecular flexibility index (Phi) is 3.91. The second-order valence-electron chi connectivity index (χ2n) is 4.01. The van der Waals surface area contributed by atoms with Gasteiger partial charge in [0.05, 0.1) is 23.4 Å². The largest absolute Gasteiger partial charge is 0.271 e. The van der Waals surface area contributed by atoms with Gasteiger partial charge in [0.25, 0.3) is 0 Å². The van der Waals surface area contributed by atoms with E-state index in [1.807, 2.05) is 6.07 Å². The molecule has 0 spiro atoms. The molecule has 0 bridgehead atoms. The molecule has 1 unspecified atom stereocenters. The number of nitrogens with zero attached hydrogens (tertiary/aromatic N) is 3. The summed E-state index contributed by atoms with van der Waals surface area (Å²) in [6, 6.07) is 1.98. The summed E-state index contributed by atoms with van der Waals surface area (Å²) in [7, 11) is -1.90. The highest BCUT2D eigenvalue weighted by Gasteiger charge is 2.23. The van der Waals surface area contributed by atoms with Crippen LogP contribution in [-0.2, 0) is 17.1 Å². The first-order chi connectivity index (χ1) is 7.79. The molecule has 1 aromatic heterocycles. The first-order valence-electron chi connectivity index (χ1n) is 5.19. The fraction of sp³-hybridized carbons (Fsp3) is 0.600. The van der Waals surface area contributed by atoms with E-state index in [0.717, 1.165) is 0 Å². The molecule has 1 heterocycles. The van der Waals surface area contributed by atoms with E-state index in [4.69, 9.17) is 5.26 Å². The number of rotatable bonds is 4. The third-order valence-electron chi connectivity index (χ3n) is 2.51. The van der Waals surface area contributed by atoms with E-state index < -0.39 is 10.0 Å². The molecule has 94 valence electrons. The number of sulfonamides is 1. The van der Waals surface area contributed by atoms with Gasteiger partial charge in [0.15, 0.2) is 0 Å². The standard InChI is InChI=1S/C10H16N4O2S/c1-7(5-11)6-12-17(15,16)10-8(2)13-14(4)9(10)3/h7,12H,6H2,1-4H3. The van der Waals surface area contributed by atoms with Crippen LogP contribution in [-0.4, -0.2) is 24.7 Å². The monoisotopic (exact) mass is 256 g/mol. The van der Waals surface area contributed by atoms with E-state index in [1.54, 1.807) is 27.8 Å². The lowest BCUT2D eigenvalue weighted by molar-refractivity contribution is 0.571. The van der Waals surface area contributed by atoms with Crippen LogP contribution < -0.4 is 4.72 Å². The Morgan fingerprint density at radius 3 is 2.53 bits per heavy atom. The fourth-order valence-electron chi connectivity index (χ4n) is 1.50. The molecule has 7 heteroatoms. The minimum absolute atomic E-state index is 0.104. The first-order valence-corrected chi connectivity index (χ1v) is 6.67. The summed E-state index contributed by atoms with van der Waals surface area (Å²) in [6.07, 6.45) is 0. The summed E-state index contributed by atoms with van der Waals surface area (Å²) < 4.78 is 28.0. The molecule has 0 aliphatic carbocycles. The molecule has 0 aliphatic rings. The minimum Gasteiger partial charge on any atom is -0.271 e. The molecule has 0 aromatic carbocycles. The molecule has 0 saturated heterocycles. The van der Waals surface area contributed by atoms with Gasteiger partial charge in [-0.3, -0.25) is 4.68 Å². The van der Waals surface area contributed by atoms with Crippen molar-refractivity contribution in [1.82, 2.24) is 14.5 Å². The van der Waals surface area contributed by atoms with Crippen LogP contribution in [0, 0.1) is 31.1 Å². The van der Waals surface area contributed by atoms with Crippen LogP contribution in [0.2, 0.25) is 0 Å². The number of hydrogen-bond acceptors (Lipinski definition) is 4. The average molecular weight is 256 g/mol. The van der Waals surface area contributed by atoms with Gasteiger partial charge in [-0.15, -0.1) is 0 Å². The van der Waals surface area contributed by atoms with E-state index in [1.165, 1.54) is 4.68 Å². The summed E-state index contributed by atoms with van der Waals surface area (Å²) in [5.41, 5.74) is 1.04. The van der Waals surface area contributed by atoms with Crippen LogP contribution in [0.4, 0.5) is 0 Å². The molecular weight excluding hydrogens is 240 g/mol. The third-order valence-corrected chi connectivity index (χ3v) is 4.19. The Hall–Kier alpha value is -1.39. The molecule has 1 rings (SSSR count). The summed E-state index contributed by atoms with van der Waals surface area (Å²) in [4.78, 5) is 0.199. The van der Waals surface area contributed by atoms with Gasteiger partial charge in [0.1, 0.15) is 4.90 Å². The normalized spacial score (nSPS) is 13.4. The maximum atomic E-state index is 12.0. The van der Waals surface area contributed by atoms with Gasteiger partial charge in [-0.25, -0.2) is 13.1 Å². The van der Waals surface area contributed by atoms with Gasteiger partial charge in [-0.05, 0) is 20.8 Å². The van der Waals surface area contributed by atoms with Gasteiger partial charge in [-0.1, -0.05) is 0 Å². The van der Waals surface area contributed by atoms with Crippen molar-refractivity contribution in [3.05, 3.63) is 11.4 Å². The number of aromatic nitrogens is 2. The summed E-state index contributed by atoms with van der Waals surface area (Å²) in [5.74, 6) is -0.359. The summed E-state index contributed by atoms with van der Waals surface area (Å²) in [5, 5.41) is 12.7. The van der Waals surface area contributed by atoms with Crippen molar-refractivity contribution in [2.45, 2.75) is 25.7 Å². The lowest BCUT2D eigenvalue weighted by Gasteiger charge is -2.07. The van der Waals surface area contributed by atoms with Crippen LogP contribution in [0.15, 0.2) is 4.90 Å². The zero-order chi connectivity index (χ0) is 13.2. The second-order valence-corrected chi connectivity index (χ2v) is 5.71. The van der Waals surface area contributed by atoms with Gasteiger partial charge in [0.2, 0.25) is 10.0 Å². The lowest BCUT2D eigenvalue weighted by Crippen LogP contribution is -2.28. The second kappa shape index (κ2) is 4.85. The van der Waals surface area contributed by atoms with Crippen LogP contribution in [0.25, 0.3) is 0 Å². The molecule has 1 atom stereocenters. The smallest absolute Gasteiger partial charge is 0.244 e. The average Bonchev–Trinajstić information content (AvgIpc) is 2.50. The number of nitrogens with one attached hydrogen (secondary N) is 1. The highest BCUT2D eigenvalue weighted by atomic mass is 32.2. The van der Waals surface area contributed by atoms with Gasteiger partial charge >= 0.3 is 0 Å². The quantitative estimate of drug-likeness (QED) is 0.848. The Morgan fingerprint density at radius 1 is 1.53 bits per heavy atom. The zero-order valence-corrected chi connectivity index (χ0v) is 11.2. The Bertz CT molecular complexity index is 554. The third kappa shape index (κ3) is 2.84. The maximum absolute atomic E-state index is 12.0. The van der Waals surface area contributed by atoms with Crippen molar-refractivity contribution in [1.29, 1.82) is 5.26 Å². The number of aryl methyl sites for hydroxylation is 2. The van der Waals surface area contributed by atoms with E-state index in [-0.39, 0.29) is 17.4 Å². The molecule has 1 N–H and O–H groups in total.